The van der Waals surface area contributed by atoms with Gasteiger partial charge in [-0.15, -0.1) is 0 Å². The smallest absolute Gasteiger partial charge is 0.338 e. The number of amides is 3. The van der Waals surface area contributed by atoms with E-state index in [1.165, 1.54) is 30.8 Å². The molecule has 1 aromatic rings. The molecule has 0 aliphatic carbocycles. The second-order valence-corrected chi connectivity index (χ2v) is 5.82. The number of nitrogens with zero attached hydrogens (tertiary/aromatic N) is 1. The van der Waals surface area contributed by atoms with E-state index < -0.39 is 29.7 Å². The van der Waals surface area contributed by atoms with Crippen LogP contribution in [0.1, 0.15) is 51.3 Å². The summed E-state index contributed by atoms with van der Waals surface area (Å²) in [6.45, 7) is 3.63. The van der Waals surface area contributed by atoms with Gasteiger partial charge < -0.3 is 4.74 Å². The number of fused-ring (bicyclic) bond motifs is 1. The highest BCUT2D eigenvalue weighted by atomic mass is 16.5. The number of benzene rings is 1. The number of hydrogen-bond donors (Lipinski definition) is 2. The van der Waals surface area contributed by atoms with Crippen molar-refractivity contribution in [2.45, 2.75) is 26.3 Å². The van der Waals surface area contributed by atoms with Crippen LogP contribution >= 0.6 is 0 Å². The summed E-state index contributed by atoms with van der Waals surface area (Å²) in [6, 6.07) is 3.07. The van der Waals surface area contributed by atoms with Crippen LogP contribution < -0.4 is 5.48 Å². The molecule has 8 nitrogen and oxygen atoms in total. The molecule has 0 fully saturated rings. The molecule has 1 heterocycles. The molecule has 1 aliphatic heterocycles. The van der Waals surface area contributed by atoms with Crippen molar-refractivity contribution in [3.05, 3.63) is 34.9 Å². The van der Waals surface area contributed by atoms with Crippen molar-refractivity contribution in [1.29, 1.82) is 0 Å². The average molecular weight is 334 g/mol. The van der Waals surface area contributed by atoms with Crippen LogP contribution in [0, 0.1) is 5.92 Å². The molecule has 0 bridgehead atoms. The third kappa shape index (κ3) is 2.88. The van der Waals surface area contributed by atoms with E-state index in [4.69, 9.17) is 5.21 Å². The summed E-state index contributed by atoms with van der Waals surface area (Å²) in [5.74, 6) is -3.07. The van der Waals surface area contributed by atoms with Crippen LogP contribution in [0.4, 0.5) is 0 Å². The van der Waals surface area contributed by atoms with Crippen molar-refractivity contribution in [1.82, 2.24) is 10.4 Å². The molecule has 1 atom stereocenters. The Morgan fingerprint density at radius 3 is 2.46 bits per heavy atom. The monoisotopic (exact) mass is 334 g/mol. The average Bonchev–Trinajstić information content (AvgIpc) is 2.82. The Labute approximate surface area is 138 Å². The van der Waals surface area contributed by atoms with Crippen LogP contribution in [-0.2, 0) is 9.53 Å². The molecule has 128 valence electrons. The summed E-state index contributed by atoms with van der Waals surface area (Å²) in [7, 11) is 1.17. The largest absolute Gasteiger partial charge is 0.465 e. The van der Waals surface area contributed by atoms with Crippen molar-refractivity contribution in [2.24, 2.45) is 5.92 Å². The van der Waals surface area contributed by atoms with Crippen molar-refractivity contribution in [3.63, 3.8) is 0 Å². The standard InChI is InChI=1S/C16H18N2O6/c1-8(2)7-11(13(19)17-23)18-14(20)9-5-4-6-10(16(22)24-3)12(9)15(18)21/h4-6,8,11,23H,7H2,1-3H3,(H,17,19)/t11-/m0/s1. The van der Waals surface area contributed by atoms with Crippen molar-refractivity contribution < 1.29 is 29.1 Å². The van der Waals surface area contributed by atoms with E-state index in [1.807, 2.05) is 13.8 Å². The highest BCUT2D eigenvalue weighted by molar-refractivity contribution is 6.25. The van der Waals surface area contributed by atoms with E-state index >= 15 is 0 Å². The molecule has 1 aliphatic rings. The van der Waals surface area contributed by atoms with Gasteiger partial charge in [0.25, 0.3) is 17.7 Å². The molecule has 0 radical (unpaired) electrons. The fourth-order valence-electron chi connectivity index (χ4n) is 2.72. The highest BCUT2D eigenvalue weighted by Crippen LogP contribution is 2.30. The Morgan fingerprint density at radius 1 is 1.25 bits per heavy atom. The molecule has 2 N–H and O–H groups in total. The van der Waals surface area contributed by atoms with E-state index in [-0.39, 0.29) is 29.0 Å². The van der Waals surface area contributed by atoms with Crippen molar-refractivity contribution in [2.75, 3.05) is 7.11 Å². The van der Waals surface area contributed by atoms with Gasteiger partial charge in [-0.3, -0.25) is 24.5 Å². The molecular formula is C16H18N2O6. The number of imide groups is 1. The molecule has 24 heavy (non-hydrogen) atoms. The van der Waals surface area contributed by atoms with Gasteiger partial charge in [-0.2, -0.15) is 0 Å². The number of methoxy groups -OCH3 is 1. The number of nitrogens with one attached hydrogen (secondary N) is 1. The molecular weight excluding hydrogens is 316 g/mol. The highest BCUT2D eigenvalue weighted by Gasteiger charge is 2.44. The first-order valence-electron chi connectivity index (χ1n) is 7.36. The maximum Gasteiger partial charge on any atom is 0.338 e. The maximum absolute atomic E-state index is 12.7. The number of rotatable bonds is 5. The Kier molecular flexibility index (Phi) is 4.99. The Balaban J connectivity index is 2.52. The quantitative estimate of drug-likeness (QED) is 0.359. The normalized spacial score (nSPS) is 14.6. The third-order valence-corrected chi connectivity index (χ3v) is 3.77. The first-order valence-corrected chi connectivity index (χ1v) is 7.36. The molecule has 3 amide bonds. The minimum absolute atomic E-state index is 0.0170. The fraction of sp³-hybridized carbons (Fsp3) is 0.375. The van der Waals surface area contributed by atoms with Gasteiger partial charge in [0.15, 0.2) is 0 Å². The zero-order chi connectivity index (χ0) is 18.0. The second kappa shape index (κ2) is 6.79. The maximum atomic E-state index is 12.7. The summed E-state index contributed by atoms with van der Waals surface area (Å²) in [5.41, 5.74) is 1.39. The van der Waals surface area contributed by atoms with E-state index in [0.29, 0.717) is 0 Å². The lowest BCUT2D eigenvalue weighted by Crippen LogP contribution is -2.49. The van der Waals surface area contributed by atoms with E-state index in [2.05, 4.69) is 4.74 Å². The molecule has 0 saturated carbocycles. The lowest BCUT2D eigenvalue weighted by atomic mass is 10.0. The van der Waals surface area contributed by atoms with Gasteiger partial charge in [0, 0.05) is 0 Å². The van der Waals surface area contributed by atoms with Gasteiger partial charge in [-0.25, -0.2) is 10.3 Å². The number of ether oxygens (including phenoxy) is 1. The van der Waals surface area contributed by atoms with Crippen molar-refractivity contribution >= 4 is 23.7 Å². The number of carbonyl (C=O) groups is 4. The number of hydrogen-bond acceptors (Lipinski definition) is 6. The van der Waals surface area contributed by atoms with Crippen LogP contribution in [0.25, 0.3) is 0 Å². The van der Waals surface area contributed by atoms with E-state index in [9.17, 15) is 19.2 Å². The first kappa shape index (κ1) is 17.6. The third-order valence-electron chi connectivity index (χ3n) is 3.77. The van der Waals surface area contributed by atoms with E-state index in [0.717, 1.165) is 4.90 Å². The lowest BCUT2D eigenvalue weighted by molar-refractivity contribution is -0.133. The van der Waals surface area contributed by atoms with Gasteiger partial charge in [0.05, 0.1) is 23.8 Å². The molecule has 0 unspecified atom stereocenters. The number of hydroxylamine groups is 1. The zero-order valence-electron chi connectivity index (χ0n) is 13.5. The Hall–Kier alpha value is -2.74. The fourth-order valence-corrected chi connectivity index (χ4v) is 2.72. The van der Waals surface area contributed by atoms with Crippen LogP contribution in [0.15, 0.2) is 18.2 Å². The summed E-state index contributed by atoms with van der Waals surface area (Å²) in [6.07, 6.45) is 0.172. The summed E-state index contributed by atoms with van der Waals surface area (Å²) < 4.78 is 4.63. The van der Waals surface area contributed by atoms with Crippen LogP contribution in [0.3, 0.4) is 0 Å². The second-order valence-electron chi connectivity index (χ2n) is 5.82. The van der Waals surface area contributed by atoms with Gasteiger partial charge in [-0.1, -0.05) is 19.9 Å². The summed E-state index contributed by atoms with van der Waals surface area (Å²) >= 11 is 0. The molecule has 2 rings (SSSR count). The van der Waals surface area contributed by atoms with Crippen molar-refractivity contribution in [3.8, 4) is 0 Å². The minimum atomic E-state index is -1.17. The Bertz CT molecular complexity index is 713. The topological polar surface area (TPSA) is 113 Å². The molecule has 8 heteroatoms. The van der Waals surface area contributed by atoms with Gasteiger partial charge >= 0.3 is 5.97 Å². The SMILES string of the molecule is COC(=O)c1cccc2c1C(=O)N([C@@H](CC(C)C)C(=O)NO)C2=O. The molecule has 1 aromatic carbocycles. The molecule has 0 saturated heterocycles. The first-order chi connectivity index (χ1) is 11.3. The van der Waals surface area contributed by atoms with Crippen LogP contribution in [0.2, 0.25) is 0 Å². The van der Waals surface area contributed by atoms with E-state index in [1.54, 1.807) is 0 Å². The van der Waals surface area contributed by atoms with Crippen LogP contribution in [0.5, 0.6) is 0 Å². The lowest BCUT2D eigenvalue weighted by Gasteiger charge is -2.25. The number of esters is 1. The van der Waals surface area contributed by atoms with Gasteiger partial charge in [0.2, 0.25) is 0 Å². The zero-order valence-corrected chi connectivity index (χ0v) is 13.5. The summed E-state index contributed by atoms with van der Waals surface area (Å²) in [5, 5.41) is 8.93. The predicted octanol–water partition coefficient (Wildman–Crippen LogP) is 0.989. The predicted molar refractivity (Wildman–Crippen MR) is 81.5 cm³/mol. The van der Waals surface area contributed by atoms with Crippen LogP contribution in [-0.4, -0.2) is 46.9 Å². The number of carbonyl (C=O) groups excluding carboxylic acids is 4. The summed E-state index contributed by atoms with van der Waals surface area (Å²) in [4.78, 5) is 49.9. The Morgan fingerprint density at radius 2 is 1.92 bits per heavy atom. The molecule has 0 spiro atoms. The van der Waals surface area contributed by atoms with Gasteiger partial charge in [0.1, 0.15) is 6.04 Å². The molecule has 0 aromatic heterocycles. The minimum Gasteiger partial charge on any atom is -0.465 e. The van der Waals surface area contributed by atoms with Gasteiger partial charge in [-0.05, 0) is 24.5 Å².